The maximum absolute atomic E-state index is 12.7. The number of hydrogen-bond donors (Lipinski definition) is 1. The fourth-order valence-corrected chi connectivity index (χ4v) is 3.78. The van der Waals surface area contributed by atoms with E-state index in [-0.39, 0.29) is 5.91 Å². The van der Waals surface area contributed by atoms with Gasteiger partial charge in [0.15, 0.2) is 22.3 Å². The fraction of sp³-hybridized carbons (Fsp3) is 0.200. The maximum atomic E-state index is 12.7. The lowest BCUT2D eigenvalue weighted by atomic mass is 10.1. The molecule has 1 aromatic carbocycles. The van der Waals surface area contributed by atoms with E-state index in [4.69, 9.17) is 9.47 Å². The van der Waals surface area contributed by atoms with Crippen molar-refractivity contribution in [1.82, 2.24) is 19.7 Å². The fourth-order valence-electron chi connectivity index (χ4n) is 3.06. The van der Waals surface area contributed by atoms with Gasteiger partial charge in [-0.1, -0.05) is 0 Å². The van der Waals surface area contributed by atoms with Crippen molar-refractivity contribution in [1.29, 1.82) is 0 Å². The highest BCUT2D eigenvalue weighted by Crippen LogP contribution is 2.33. The van der Waals surface area contributed by atoms with Gasteiger partial charge >= 0.3 is 0 Å². The summed E-state index contributed by atoms with van der Waals surface area (Å²) in [4.78, 5) is 21.5. The molecule has 9 heteroatoms. The molecule has 0 fully saturated rings. The van der Waals surface area contributed by atoms with Gasteiger partial charge in [-0.3, -0.25) is 14.8 Å². The molecule has 1 amide bonds. The lowest BCUT2D eigenvalue weighted by Crippen LogP contribution is -2.12. The number of nitrogens with one attached hydrogen (secondary N) is 1. The number of nitrogens with zero attached hydrogens (tertiary/aromatic N) is 4. The van der Waals surface area contributed by atoms with E-state index in [1.807, 2.05) is 37.6 Å². The van der Waals surface area contributed by atoms with Gasteiger partial charge in [-0.2, -0.15) is 5.10 Å². The molecule has 0 atom stereocenters. The summed E-state index contributed by atoms with van der Waals surface area (Å²) >= 11 is 1.35. The minimum absolute atomic E-state index is 0.268. The van der Waals surface area contributed by atoms with Crippen molar-refractivity contribution in [2.45, 2.75) is 6.92 Å². The van der Waals surface area contributed by atoms with Gasteiger partial charge < -0.3 is 9.47 Å². The van der Waals surface area contributed by atoms with Crippen LogP contribution in [0.2, 0.25) is 0 Å². The number of aromatic nitrogens is 4. The number of pyridine rings is 1. The molecule has 29 heavy (non-hydrogen) atoms. The zero-order valence-electron chi connectivity index (χ0n) is 16.4. The third-order valence-electron chi connectivity index (χ3n) is 4.53. The summed E-state index contributed by atoms with van der Waals surface area (Å²) in [7, 11) is 5.00. The molecule has 0 bridgehead atoms. The monoisotopic (exact) mass is 409 g/mol. The Kier molecular flexibility index (Phi) is 4.89. The number of carbonyl (C=O) groups excluding carboxylic acids is 1. The molecule has 0 radical (unpaired) electrons. The Bertz CT molecular complexity index is 1210. The number of amides is 1. The number of rotatable bonds is 5. The summed E-state index contributed by atoms with van der Waals surface area (Å²) in [5, 5.41) is 10.4. The molecule has 0 aliphatic rings. The van der Waals surface area contributed by atoms with Crippen LogP contribution in [0.5, 0.6) is 11.5 Å². The van der Waals surface area contributed by atoms with Crippen molar-refractivity contribution in [2.75, 3.05) is 19.5 Å². The molecule has 0 unspecified atom stereocenters. The van der Waals surface area contributed by atoms with Crippen LogP contribution in [0.4, 0.5) is 5.13 Å². The van der Waals surface area contributed by atoms with Crippen molar-refractivity contribution in [3.8, 4) is 22.8 Å². The second-order valence-electron chi connectivity index (χ2n) is 6.37. The van der Waals surface area contributed by atoms with E-state index < -0.39 is 0 Å². The summed E-state index contributed by atoms with van der Waals surface area (Å²) in [6, 6.07) is 7.36. The van der Waals surface area contributed by atoms with Crippen LogP contribution < -0.4 is 14.8 Å². The summed E-state index contributed by atoms with van der Waals surface area (Å²) < 4.78 is 12.3. The van der Waals surface area contributed by atoms with Crippen LogP contribution in [0.15, 0.2) is 35.8 Å². The Balaban J connectivity index is 1.56. The normalized spacial score (nSPS) is 10.9. The number of hydrogen-bond acceptors (Lipinski definition) is 7. The first kappa shape index (κ1) is 18.9. The predicted molar refractivity (Wildman–Crippen MR) is 112 cm³/mol. The third kappa shape index (κ3) is 3.52. The van der Waals surface area contributed by atoms with E-state index >= 15 is 0 Å². The average molecular weight is 409 g/mol. The molecule has 0 saturated carbocycles. The summed E-state index contributed by atoms with van der Waals surface area (Å²) in [6.45, 7) is 1.89. The van der Waals surface area contributed by atoms with Crippen molar-refractivity contribution in [3.63, 3.8) is 0 Å². The minimum atomic E-state index is -0.268. The summed E-state index contributed by atoms with van der Waals surface area (Å²) in [6.07, 6.45) is 1.54. The molecule has 3 heterocycles. The zero-order chi connectivity index (χ0) is 20.5. The Morgan fingerprint density at radius 2 is 1.97 bits per heavy atom. The molecule has 3 aromatic heterocycles. The minimum Gasteiger partial charge on any atom is -0.493 e. The maximum Gasteiger partial charge on any atom is 0.259 e. The van der Waals surface area contributed by atoms with Crippen LogP contribution in [-0.2, 0) is 7.05 Å². The van der Waals surface area contributed by atoms with E-state index in [1.165, 1.54) is 11.3 Å². The number of benzene rings is 1. The van der Waals surface area contributed by atoms with Crippen LogP contribution >= 0.6 is 11.3 Å². The number of aryl methyl sites for hydroxylation is 2. The number of methoxy groups -OCH3 is 2. The van der Waals surface area contributed by atoms with Gasteiger partial charge in [-0.05, 0) is 31.2 Å². The number of thiazole rings is 1. The second kappa shape index (κ2) is 7.51. The highest BCUT2D eigenvalue weighted by atomic mass is 32.1. The third-order valence-corrected chi connectivity index (χ3v) is 5.29. The molecule has 0 saturated heterocycles. The quantitative estimate of drug-likeness (QED) is 0.541. The first-order valence-electron chi connectivity index (χ1n) is 8.78. The van der Waals surface area contributed by atoms with Crippen molar-refractivity contribution in [3.05, 3.63) is 47.1 Å². The lowest BCUT2D eigenvalue weighted by molar-refractivity contribution is 0.102. The SMILES string of the molecule is COc1ccc(-c2csc(NC(=O)c3cnc4c(c3)c(C)nn4C)n2)cc1OC. The molecule has 8 nitrogen and oxygen atoms in total. The summed E-state index contributed by atoms with van der Waals surface area (Å²) in [5.74, 6) is 0.999. The number of anilines is 1. The highest BCUT2D eigenvalue weighted by molar-refractivity contribution is 7.14. The Morgan fingerprint density at radius 3 is 2.72 bits per heavy atom. The number of fused-ring (bicyclic) bond motifs is 1. The van der Waals surface area contributed by atoms with Crippen molar-refractivity contribution in [2.24, 2.45) is 7.05 Å². The van der Waals surface area contributed by atoms with Gasteiger partial charge in [-0.15, -0.1) is 11.3 Å². The molecule has 0 spiro atoms. The van der Waals surface area contributed by atoms with Crippen LogP contribution in [0.3, 0.4) is 0 Å². The van der Waals surface area contributed by atoms with Crippen LogP contribution in [0, 0.1) is 6.92 Å². The van der Waals surface area contributed by atoms with Crippen LogP contribution in [-0.4, -0.2) is 39.9 Å². The van der Waals surface area contributed by atoms with E-state index in [2.05, 4.69) is 20.4 Å². The number of carbonyl (C=O) groups is 1. The Hall–Kier alpha value is -3.46. The van der Waals surface area contributed by atoms with Gasteiger partial charge in [0.1, 0.15) is 0 Å². The van der Waals surface area contributed by atoms with Gasteiger partial charge in [0.25, 0.3) is 5.91 Å². The average Bonchev–Trinajstić information content (AvgIpc) is 3.31. The Morgan fingerprint density at radius 1 is 1.17 bits per heavy atom. The van der Waals surface area contributed by atoms with Crippen molar-refractivity contribution >= 4 is 33.4 Å². The molecule has 0 aliphatic carbocycles. The largest absolute Gasteiger partial charge is 0.493 e. The topological polar surface area (TPSA) is 91.2 Å². The smallest absolute Gasteiger partial charge is 0.259 e. The molecular formula is C20H19N5O3S. The number of ether oxygens (including phenoxy) is 2. The molecule has 4 rings (SSSR count). The standard InChI is InChI=1S/C20H19N5O3S/c1-11-14-7-13(9-21-18(14)25(2)24-11)19(26)23-20-22-15(10-29-20)12-5-6-16(27-3)17(8-12)28-4/h5-10H,1-4H3,(H,22,23,26). The second-order valence-corrected chi connectivity index (χ2v) is 7.22. The summed E-state index contributed by atoms with van der Waals surface area (Å²) in [5.41, 5.74) is 3.63. The zero-order valence-corrected chi connectivity index (χ0v) is 17.2. The Labute approximate surface area is 171 Å². The first-order chi connectivity index (χ1) is 14.0. The lowest BCUT2D eigenvalue weighted by Gasteiger charge is -2.08. The van der Waals surface area contributed by atoms with E-state index in [1.54, 1.807) is 31.2 Å². The highest BCUT2D eigenvalue weighted by Gasteiger charge is 2.14. The van der Waals surface area contributed by atoms with Crippen LogP contribution in [0.25, 0.3) is 22.3 Å². The van der Waals surface area contributed by atoms with E-state index in [0.717, 1.165) is 28.0 Å². The van der Waals surface area contributed by atoms with E-state index in [9.17, 15) is 4.79 Å². The van der Waals surface area contributed by atoms with Crippen LogP contribution in [0.1, 0.15) is 16.1 Å². The molecular weight excluding hydrogens is 390 g/mol. The molecule has 4 aromatic rings. The van der Waals surface area contributed by atoms with Gasteiger partial charge in [0.2, 0.25) is 0 Å². The van der Waals surface area contributed by atoms with E-state index in [0.29, 0.717) is 22.2 Å². The molecule has 0 aliphatic heterocycles. The molecule has 148 valence electrons. The van der Waals surface area contributed by atoms with Gasteiger partial charge in [-0.25, -0.2) is 9.97 Å². The predicted octanol–water partition coefficient (Wildman–Crippen LogP) is 3.67. The van der Waals surface area contributed by atoms with Gasteiger partial charge in [0, 0.05) is 29.6 Å². The molecule has 1 N–H and O–H groups in total. The van der Waals surface area contributed by atoms with Crippen molar-refractivity contribution < 1.29 is 14.3 Å². The van der Waals surface area contributed by atoms with Gasteiger partial charge in [0.05, 0.1) is 31.2 Å². The first-order valence-corrected chi connectivity index (χ1v) is 9.66.